The highest BCUT2D eigenvalue weighted by Gasteiger charge is 2.07. The molecule has 0 radical (unpaired) electrons. The molecule has 3 N–H and O–H groups in total. The number of benzene rings is 2. The molecule has 28 heavy (non-hydrogen) atoms. The largest absolute Gasteiger partial charge is 0.357 e. The van der Waals surface area contributed by atoms with E-state index in [1.165, 1.54) is 5.56 Å². The predicted molar refractivity (Wildman–Crippen MR) is 127 cm³/mol. The van der Waals surface area contributed by atoms with Crippen LogP contribution in [0.15, 0.2) is 65.7 Å². The molecule has 0 aliphatic rings. The summed E-state index contributed by atoms with van der Waals surface area (Å²) in [5, 5.41) is 9.47. The lowest BCUT2D eigenvalue weighted by Crippen LogP contribution is -2.43. The van der Waals surface area contributed by atoms with E-state index in [1.54, 1.807) is 0 Å². The van der Waals surface area contributed by atoms with E-state index in [4.69, 9.17) is 0 Å². The molecule has 5 nitrogen and oxygen atoms in total. The van der Waals surface area contributed by atoms with Crippen molar-refractivity contribution in [1.29, 1.82) is 0 Å². The molecule has 0 saturated carbocycles. The lowest BCUT2D eigenvalue weighted by atomic mass is 10.1. The van der Waals surface area contributed by atoms with Gasteiger partial charge in [-0.3, -0.25) is 4.79 Å². The van der Waals surface area contributed by atoms with Gasteiger partial charge in [0.15, 0.2) is 5.96 Å². The van der Waals surface area contributed by atoms with Crippen molar-refractivity contribution in [2.75, 3.05) is 13.1 Å². The van der Waals surface area contributed by atoms with Crippen LogP contribution < -0.4 is 16.0 Å². The van der Waals surface area contributed by atoms with Crippen LogP contribution in [0.5, 0.6) is 0 Å². The van der Waals surface area contributed by atoms with Crippen LogP contribution in [-0.2, 0) is 17.8 Å². The molecule has 1 unspecified atom stereocenters. The van der Waals surface area contributed by atoms with Gasteiger partial charge in [0.1, 0.15) is 6.54 Å². The van der Waals surface area contributed by atoms with Crippen LogP contribution >= 0.6 is 24.0 Å². The van der Waals surface area contributed by atoms with E-state index in [0.29, 0.717) is 12.5 Å². The Bertz CT molecular complexity index is 707. The topological polar surface area (TPSA) is 65.5 Å². The number of nitrogens with one attached hydrogen (secondary N) is 3. The molecule has 0 aliphatic heterocycles. The molecule has 0 spiro atoms. The molecule has 1 atom stereocenters. The first-order chi connectivity index (χ1) is 13.2. The van der Waals surface area contributed by atoms with E-state index in [2.05, 4.69) is 52.1 Å². The van der Waals surface area contributed by atoms with E-state index >= 15 is 0 Å². The lowest BCUT2D eigenvalue weighted by Gasteiger charge is -2.17. The molecule has 1 amide bonds. The number of aryl methyl sites for hydroxylation is 1. The van der Waals surface area contributed by atoms with Crippen LogP contribution in [-0.4, -0.2) is 31.0 Å². The minimum atomic E-state index is -0.0898. The summed E-state index contributed by atoms with van der Waals surface area (Å²) in [6, 6.07) is 20.6. The van der Waals surface area contributed by atoms with E-state index in [9.17, 15) is 4.79 Å². The second-order valence-electron chi connectivity index (χ2n) is 6.53. The summed E-state index contributed by atoms with van der Waals surface area (Å²) in [5.74, 6) is 0.584. The zero-order chi connectivity index (χ0) is 19.3. The highest BCUT2D eigenvalue weighted by Crippen LogP contribution is 2.04. The average molecular weight is 494 g/mol. The maximum Gasteiger partial charge on any atom is 0.242 e. The highest BCUT2D eigenvalue weighted by molar-refractivity contribution is 14.0. The fourth-order valence-corrected chi connectivity index (χ4v) is 2.66. The van der Waals surface area contributed by atoms with Gasteiger partial charge >= 0.3 is 0 Å². The summed E-state index contributed by atoms with van der Waals surface area (Å²) in [6.45, 7) is 5.52. The molecule has 0 aliphatic carbocycles. The number of hydrogen-bond donors (Lipinski definition) is 3. The minimum absolute atomic E-state index is 0. The maximum absolute atomic E-state index is 12.0. The summed E-state index contributed by atoms with van der Waals surface area (Å²) in [7, 11) is 0. The second-order valence-corrected chi connectivity index (χ2v) is 6.53. The lowest BCUT2D eigenvalue weighted by molar-refractivity contribution is -0.119. The van der Waals surface area contributed by atoms with Gasteiger partial charge in [0.2, 0.25) is 5.91 Å². The zero-order valence-electron chi connectivity index (χ0n) is 16.7. The van der Waals surface area contributed by atoms with Crippen molar-refractivity contribution in [3.8, 4) is 0 Å². The summed E-state index contributed by atoms with van der Waals surface area (Å²) in [5.41, 5.74) is 2.41. The Hall–Kier alpha value is -2.09. The summed E-state index contributed by atoms with van der Waals surface area (Å²) in [4.78, 5) is 16.5. The number of halogens is 1. The van der Waals surface area contributed by atoms with Gasteiger partial charge in [0.05, 0.1) is 0 Å². The number of rotatable bonds is 9. The molecule has 0 heterocycles. The van der Waals surface area contributed by atoms with Crippen molar-refractivity contribution in [2.45, 2.75) is 39.3 Å². The molecule has 152 valence electrons. The van der Waals surface area contributed by atoms with Crippen LogP contribution in [0.2, 0.25) is 0 Å². The third-order valence-electron chi connectivity index (χ3n) is 4.15. The average Bonchev–Trinajstić information content (AvgIpc) is 2.70. The normalized spacial score (nSPS) is 11.9. The number of nitrogens with zero attached hydrogens (tertiary/aromatic N) is 1. The molecule has 0 saturated heterocycles. The first-order valence-electron chi connectivity index (χ1n) is 9.56. The Morgan fingerprint density at radius 1 is 0.964 bits per heavy atom. The Balaban J connectivity index is 0.00000392. The van der Waals surface area contributed by atoms with Gasteiger partial charge < -0.3 is 16.0 Å². The third-order valence-corrected chi connectivity index (χ3v) is 4.15. The van der Waals surface area contributed by atoms with Crippen molar-refractivity contribution in [2.24, 2.45) is 4.99 Å². The molecule has 2 aromatic rings. The standard InChI is InChI=1S/C22H30N4O.HI/c1-3-23-22(26-18(2)14-15-19-10-6-4-7-11-19)25-17-21(27)24-16-20-12-8-5-9-13-20;/h4-13,18H,3,14-17H2,1-2H3,(H,24,27)(H2,23,25,26);1H. The summed E-state index contributed by atoms with van der Waals surface area (Å²) in [6.07, 6.45) is 2.00. The molecule has 2 aromatic carbocycles. The smallest absolute Gasteiger partial charge is 0.242 e. The second kappa shape index (κ2) is 14.0. The minimum Gasteiger partial charge on any atom is -0.357 e. The SMILES string of the molecule is CCNC(=NCC(=O)NCc1ccccc1)NC(C)CCc1ccccc1.I. The number of carbonyl (C=O) groups is 1. The number of guanidine groups is 1. The molecular formula is C22H31IN4O. The predicted octanol–water partition coefficient (Wildman–Crippen LogP) is 3.50. The van der Waals surface area contributed by atoms with E-state index < -0.39 is 0 Å². The third kappa shape index (κ3) is 9.73. The highest BCUT2D eigenvalue weighted by atomic mass is 127. The first-order valence-corrected chi connectivity index (χ1v) is 9.56. The fourth-order valence-electron chi connectivity index (χ4n) is 2.66. The van der Waals surface area contributed by atoms with Crippen LogP contribution in [0, 0.1) is 0 Å². The zero-order valence-corrected chi connectivity index (χ0v) is 19.0. The Labute approximate surface area is 185 Å². The number of amides is 1. The van der Waals surface area contributed by atoms with E-state index in [0.717, 1.165) is 24.9 Å². The Morgan fingerprint density at radius 3 is 2.18 bits per heavy atom. The van der Waals surface area contributed by atoms with E-state index in [1.807, 2.05) is 43.3 Å². The molecular weight excluding hydrogens is 463 g/mol. The monoisotopic (exact) mass is 494 g/mol. The first kappa shape index (κ1) is 23.9. The molecule has 0 fully saturated rings. The maximum atomic E-state index is 12.0. The van der Waals surface area contributed by atoms with Crippen molar-refractivity contribution >= 4 is 35.8 Å². The van der Waals surface area contributed by atoms with E-state index in [-0.39, 0.29) is 42.5 Å². The Morgan fingerprint density at radius 2 is 1.57 bits per heavy atom. The number of aliphatic imine (C=N–C) groups is 1. The van der Waals surface area contributed by atoms with Gasteiger partial charge in [-0.05, 0) is 37.8 Å². The van der Waals surface area contributed by atoms with Gasteiger partial charge in [0.25, 0.3) is 0 Å². The fraction of sp³-hybridized carbons (Fsp3) is 0.364. The molecule has 6 heteroatoms. The Kier molecular flexibility index (Phi) is 12.0. The number of carbonyl (C=O) groups excluding carboxylic acids is 1. The van der Waals surface area contributed by atoms with Crippen LogP contribution in [0.3, 0.4) is 0 Å². The van der Waals surface area contributed by atoms with Crippen molar-refractivity contribution < 1.29 is 4.79 Å². The molecule has 2 rings (SSSR count). The van der Waals surface area contributed by atoms with Crippen LogP contribution in [0.1, 0.15) is 31.4 Å². The van der Waals surface area contributed by atoms with Gasteiger partial charge in [-0.15, -0.1) is 24.0 Å². The van der Waals surface area contributed by atoms with Crippen molar-refractivity contribution in [3.63, 3.8) is 0 Å². The quantitative estimate of drug-likeness (QED) is 0.284. The molecule has 0 aromatic heterocycles. The van der Waals surface area contributed by atoms with Gasteiger partial charge in [0, 0.05) is 19.1 Å². The summed E-state index contributed by atoms with van der Waals surface area (Å²) < 4.78 is 0. The van der Waals surface area contributed by atoms with Gasteiger partial charge in [-0.25, -0.2) is 4.99 Å². The van der Waals surface area contributed by atoms with Crippen LogP contribution in [0.25, 0.3) is 0 Å². The van der Waals surface area contributed by atoms with Gasteiger partial charge in [-0.2, -0.15) is 0 Å². The summed E-state index contributed by atoms with van der Waals surface area (Å²) >= 11 is 0. The molecule has 0 bridgehead atoms. The van der Waals surface area contributed by atoms with Crippen molar-refractivity contribution in [1.82, 2.24) is 16.0 Å². The number of hydrogen-bond acceptors (Lipinski definition) is 2. The van der Waals surface area contributed by atoms with Crippen molar-refractivity contribution in [3.05, 3.63) is 71.8 Å². The van der Waals surface area contributed by atoms with Gasteiger partial charge in [-0.1, -0.05) is 60.7 Å². The van der Waals surface area contributed by atoms with Crippen LogP contribution in [0.4, 0.5) is 0 Å².